The Kier molecular flexibility index (Phi) is 4.95. The van der Waals surface area contributed by atoms with Gasteiger partial charge in [-0.15, -0.1) is 6.58 Å². The summed E-state index contributed by atoms with van der Waals surface area (Å²) in [5, 5.41) is 4.71. The molecule has 2 rings (SSSR count). The summed E-state index contributed by atoms with van der Waals surface area (Å²) in [4.78, 5) is 11.7. The predicted molar refractivity (Wildman–Crippen MR) is 85.3 cm³/mol. The molecule has 0 spiro atoms. The zero-order valence-electron chi connectivity index (χ0n) is 12.1. The van der Waals surface area contributed by atoms with Crippen molar-refractivity contribution in [3.8, 4) is 5.75 Å². The number of benzene rings is 2. The van der Waals surface area contributed by atoms with Gasteiger partial charge in [-0.25, -0.2) is 0 Å². The van der Waals surface area contributed by atoms with Crippen molar-refractivity contribution >= 4 is 16.7 Å². The van der Waals surface area contributed by atoms with Gasteiger partial charge in [0.15, 0.2) is 6.61 Å². The largest absolute Gasteiger partial charge is 0.483 e. The van der Waals surface area contributed by atoms with E-state index in [1.165, 1.54) is 0 Å². The van der Waals surface area contributed by atoms with Crippen LogP contribution in [0.3, 0.4) is 0 Å². The number of rotatable bonds is 6. The van der Waals surface area contributed by atoms with Crippen LogP contribution in [-0.4, -0.2) is 19.1 Å². The third-order valence-corrected chi connectivity index (χ3v) is 3.19. The highest BCUT2D eigenvalue weighted by molar-refractivity contribution is 5.90. The Morgan fingerprint density at radius 3 is 2.86 bits per heavy atom. The summed E-state index contributed by atoms with van der Waals surface area (Å²) >= 11 is 0. The van der Waals surface area contributed by atoms with Crippen molar-refractivity contribution in [2.24, 2.45) is 5.73 Å². The normalized spacial score (nSPS) is 11.9. The number of carbonyl (C=O) groups is 1. The molecular weight excluding hydrogens is 264 g/mol. The molecule has 0 saturated heterocycles. The van der Waals surface area contributed by atoms with Crippen LogP contribution in [0.4, 0.5) is 0 Å². The van der Waals surface area contributed by atoms with E-state index in [9.17, 15) is 4.79 Å². The van der Waals surface area contributed by atoms with Gasteiger partial charge in [-0.1, -0.05) is 42.5 Å². The van der Waals surface area contributed by atoms with Crippen molar-refractivity contribution in [3.63, 3.8) is 0 Å². The van der Waals surface area contributed by atoms with Crippen LogP contribution < -0.4 is 15.8 Å². The van der Waals surface area contributed by atoms with Gasteiger partial charge in [-0.05, 0) is 12.3 Å². The Labute approximate surface area is 124 Å². The van der Waals surface area contributed by atoms with Gasteiger partial charge < -0.3 is 15.8 Å². The Hall–Kier alpha value is -2.33. The average Bonchev–Trinajstić information content (AvgIpc) is 2.50. The number of nitrogens with one attached hydrogen (secondary N) is 1. The molecule has 1 amide bonds. The lowest BCUT2D eigenvalue weighted by Crippen LogP contribution is -2.29. The van der Waals surface area contributed by atoms with Crippen LogP contribution in [0.1, 0.15) is 18.5 Å². The first kappa shape index (κ1) is 15.1. The van der Waals surface area contributed by atoms with Crippen LogP contribution in [0.25, 0.3) is 10.8 Å². The standard InChI is InChI=1S/C17H20N2O2/c1-3-10-19-16(20)11-21-17-14(12(2)18)9-8-13-6-4-5-7-15(13)17/h3-9,12H,1,10-11,18H2,2H3,(H,19,20). The molecule has 0 aromatic heterocycles. The molecule has 0 saturated carbocycles. The lowest BCUT2D eigenvalue weighted by molar-refractivity contribution is -0.122. The lowest BCUT2D eigenvalue weighted by atomic mass is 10.0. The van der Waals surface area contributed by atoms with Gasteiger partial charge in [-0.2, -0.15) is 0 Å². The minimum Gasteiger partial charge on any atom is -0.483 e. The summed E-state index contributed by atoms with van der Waals surface area (Å²) in [7, 11) is 0. The first-order valence-electron chi connectivity index (χ1n) is 6.91. The van der Waals surface area contributed by atoms with Gasteiger partial charge in [0.25, 0.3) is 5.91 Å². The van der Waals surface area contributed by atoms with Gasteiger partial charge in [0, 0.05) is 23.5 Å². The highest BCUT2D eigenvalue weighted by atomic mass is 16.5. The number of hydrogen-bond donors (Lipinski definition) is 2. The van der Waals surface area contributed by atoms with E-state index in [0.717, 1.165) is 16.3 Å². The lowest BCUT2D eigenvalue weighted by Gasteiger charge is -2.16. The smallest absolute Gasteiger partial charge is 0.258 e. The van der Waals surface area contributed by atoms with Gasteiger partial charge in [0.2, 0.25) is 0 Å². The number of nitrogens with two attached hydrogens (primary N) is 1. The zero-order chi connectivity index (χ0) is 15.2. The molecule has 0 radical (unpaired) electrons. The zero-order valence-corrected chi connectivity index (χ0v) is 12.1. The van der Waals surface area contributed by atoms with Gasteiger partial charge >= 0.3 is 0 Å². The fourth-order valence-electron chi connectivity index (χ4n) is 2.15. The summed E-state index contributed by atoms with van der Waals surface area (Å²) < 4.78 is 5.74. The maximum atomic E-state index is 11.7. The van der Waals surface area contributed by atoms with Gasteiger partial charge in [0.1, 0.15) is 5.75 Å². The molecule has 2 aromatic carbocycles. The number of amides is 1. The topological polar surface area (TPSA) is 64.3 Å². The molecule has 0 aliphatic carbocycles. The van der Waals surface area contributed by atoms with Crippen molar-refractivity contribution in [2.45, 2.75) is 13.0 Å². The van der Waals surface area contributed by atoms with Crippen molar-refractivity contribution in [1.82, 2.24) is 5.32 Å². The second-order valence-corrected chi connectivity index (χ2v) is 4.88. The molecule has 21 heavy (non-hydrogen) atoms. The summed E-state index contributed by atoms with van der Waals surface area (Å²) in [5.74, 6) is 0.496. The summed E-state index contributed by atoms with van der Waals surface area (Å²) in [5.41, 5.74) is 6.89. The number of hydrogen-bond acceptors (Lipinski definition) is 3. The molecule has 4 nitrogen and oxygen atoms in total. The SMILES string of the molecule is C=CCNC(=O)COc1c(C(C)N)ccc2ccccc12. The molecule has 3 N–H and O–H groups in total. The molecule has 0 heterocycles. The predicted octanol–water partition coefficient (Wildman–Crippen LogP) is 2.54. The first-order valence-corrected chi connectivity index (χ1v) is 6.91. The molecule has 0 aliphatic heterocycles. The first-order chi connectivity index (χ1) is 10.1. The van der Waals surface area contributed by atoms with E-state index in [1.807, 2.05) is 43.3 Å². The van der Waals surface area contributed by atoms with Crippen molar-refractivity contribution < 1.29 is 9.53 Å². The van der Waals surface area contributed by atoms with Gasteiger partial charge in [-0.3, -0.25) is 4.79 Å². The molecule has 2 aromatic rings. The Bertz CT molecular complexity index is 650. The Balaban J connectivity index is 2.29. The van der Waals surface area contributed by atoms with Crippen LogP contribution >= 0.6 is 0 Å². The number of ether oxygens (including phenoxy) is 1. The van der Waals surface area contributed by atoms with Crippen LogP contribution in [0, 0.1) is 0 Å². The second kappa shape index (κ2) is 6.90. The maximum absolute atomic E-state index is 11.7. The van der Waals surface area contributed by atoms with E-state index >= 15 is 0 Å². The second-order valence-electron chi connectivity index (χ2n) is 4.88. The average molecular weight is 284 g/mol. The summed E-state index contributed by atoms with van der Waals surface area (Å²) in [6, 6.07) is 11.7. The summed E-state index contributed by atoms with van der Waals surface area (Å²) in [6.45, 7) is 5.84. The highest BCUT2D eigenvalue weighted by Crippen LogP contribution is 2.32. The Morgan fingerprint density at radius 2 is 2.14 bits per heavy atom. The fourth-order valence-corrected chi connectivity index (χ4v) is 2.15. The van der Waals surface area contributed by atoms with Crippen LogP contribution in [0.15, 0.2) is 49.1 Å². The minimum absolute atomic E-state index is 0.0401. The molecular formula is C17H20N2O2. The molecule has 0 bridgehead atoms. The van der Waals surface area contributed by atoms with E-state index in [4.69, 9.17) is 10.5 Å². The number of carbonyl (C=O) groups excluding carboxylic acids is 1. The molecule has 0 fully saturated rings. The van der Waals surface area contributed by atoms with Crippen molar-refractivity contribution in [2.75, 3.05) is 13.2 Å². The quantitative estimate of drug-likeness (QED) is 0.801. The van der Waals surface area contributed by atoms with E-state index in [2.05, 4.69) is 11.9 Å². The highest BCUT2D eigenvalue weighted by Gasteiger charge is 2.13. The monoisotopic (exact) mass is 284 g/mol. The third-order valence-electron chi connectivity index (χ3n) is 3.19. The minimum atomic E-state index is -0.182. The molecule has 0 aliphatic rings. The third kappa shape index (κ3) is 3.61. The Morgan fingerprint density at radius 1 is 1.38 bits per heavy atom. The van der Waals surface area contributed by atoms with E-state index in [0.29, 0.717) is 12.3 Å². The molecule has 1 unspecified atom stereocenters. The molecule has 4 heteroatoms. The van der Waals surface area contributed by atoms with E-state index in [-0.39, 0.29) is 18.6 Å². The number of fused-ring (bicyclic) bond motifs is 1. The fraction of sp³-hybridized carbons (Fsp3) is 0.235. The maximum Gasteiger partial charge on any atom is 0.258 e. The van der Waals surface area contributed by atoms with Crippen LogP contribution in [0.2, 0.25) is 0 Å². The van der Waals surface area contributed by atoms with Crippen molar-refractivity contribution in [3.05, 3.63) is 54.6 Å². The summed E-state index contributed by atoms with van der Waals surface area (Å²) in [6.07, 6.45) is 1.63. The van der Waals surface area contributed by atoms with Gasteiger partial charge in [0.05, 0.1) is 0 Å². The van der Waals surface area contributed by atoms with Crippen LogP contribution in [0.5, 0.6) is 5.75 Å². The van der Waals surface area contributed by atoms with Crippen molar-refractivity contribution in [1.29, 1.82) is 0 Å². The van der Waals surface area contributed by atoms with Crippen LogP contribution in [-0.2, 0) is 4.79 Å². The van der Waals surface area contributed by atoms with E-state index < -0.39 is 0 Å². The molecule has 1 atom stereocenters. The molecule has 110 valence electrons. The van der Waals surface area contributed by atoms with E-state index in [1.54, 1.807) is 6.08 Å².